The molecule has 1 aromatic carbocycles. The summed E-state index contributed by atoms with van der Waals surface area (Å²) >= 11 is 0. The molecule has 1 amide bonds. The Morgan fingerprint density at radius 1 is 1.38 bits per heavy atom. The number of ether oxygens (including phenoxy) is 1. The van der Waals surface area contributed by atoms with E-state index in [0.29, 0.717) is 34.9 Å². The van der Waals surface area contributed by atoms with Gasteiger partial charge >= 0.3 is 0 Å². The Balaban J connectivity index is 1.74. The molecular weight excluding hydrogens is 310 g/mol. The number of nitrogens with zero attached hydrogens (tertiary/aromatic N) is 3. The number of amides is 1. The van der Waals surface area contributed by atoms with Gasteiger partial charge in [0.25, 0.3) is 11.3 Å². The molecule has 0 spiro atoms. The van der Waals surface area contributed by atoms with Gasteiger partial charge in [-0.05, 0) is 25.5 Å². The summed E-state index contributed by atoms with van der Waals surface area (Å²) < 4.78 is 6.46. The van der Waals surface area contributed by atoms with Crippen molar-refractivity contribution in [2.75, 3.05) is 12.4 Å². The number of aryl methyl sites for hydroxylation is 1. The van der Waals surface area contributed by atoms with E-state index in [1.54, 1.807) is 26.2 Å². The fourth-order valence-corrected chi connectivity index (χ4v) is 2.48. The quantitative estimate of drug-likeness (QED) is 0.735. The summed E-state index contributed by atoms with van der Waals surface area (Å²) in [5.41, 5.74) is 1.43. The topological polar surface area (TPSA) is 101 Å². The summed E-state index contributed by atoms with van der Waals surface area (Å²) in [6.07, 6.45) is 1.86. The molecule has 0 radical (unpaired) electrons. The molecule has 2 heterocycles. The van der Waals surface area contributed by atoms with Gasteiger partial charge in [-0.15, -0.1) is 0 Å². The van der Waals surface area contributed by atoms with Crippen LogP contribution in [0.1, 0.15) is 17.7 Å². The number of hydrogen-bond acceptors (Lipinski definition) is 5. The second-order valence-corrected chi connectivity index (χ2v) is 5.25. The van der Waals surface area contributed by atoms with Gasteiger partial charge in [-0.3, -0.25) is 14.7 Å². The summed E-state index contributed by atoms with van der Waals surface area (Å²) in [7, 11) is 1.54. The Hall–Kier alpha value is -3.16. The Kier molecular flexibility index (Phi) is 4.28. The Morgan fingerprint density at radius 2 is 2.17 bits per heavy atom. The molecule has 0 atom stereocenters. The monoisotopic (exact) mass is 327 g/mol. The van der Waals surface area contributed by atoms with E-state index in [0.717, 1.165) is 0 Å². The minimum Gasteiger partial charge on any atom is -0.495 e. The first-order valence-corrected chi connectivity index (χ1v) is 7.44. The summed E-state index contributed by atoms with van der Waals surface area (Å²) in [5.74, 6) is 0.704. The molecule has 0 unspecified atom stereocenters. The van der Waals surface area contributed by atoms with Crippen molar-refractivity contribution in [1.29, 1.82) is 0 Å². The number of carbonyl (C=O) groups is 1. The summed E-state index contributed by atoms with van der Waals surface area (Å²) in [6.45, 7) is 1.74. The number of fused-ring (bicyclic) bond motifs is 1. The number of aromatic amines is 1. The first-order chi connectivity index (χ1) is 11.6. The van der Waals surface area contributed by atoms with Gasteiger partial charge in [0.2, 0.25) is 5.91 Å². The van der Waals surface area contributed by atoms with Crippen LogP contribution in [0.4, 0.5) is 5.69 Å². The minimum atomic E-state index is -0.236. The second-order valence-electron chi connectivity index (χ2n) is 5.25. The molecule has 0 aliphatic rings. The van der Waals surface area contributed by atoms with Crippen LogP contribution in [0, 0.1) is 6.92 Å². The molecule has 8 nitrogen and oxygen atoms in total. The van der Waals surface area contributed by atoms with Crippen molar-refractivity contribution in [2.45, 2.75) is 19.8 Å². The van der Waals surface area contributed by atoms with Gasteiger partial charge in [0.15, 0.2) is 0 Å². The molecule has 3 rings (SSSR count). The number of carbonyl (C=O) groups excluding carboxylic acids is 1. The summed E-state index contributed by atoms with van der Waals surface area (Å²) in [5, 5.41) is 5.50. The molecule has 0 bridgehead atoms. The number of benzene rings is 1. The molecule has 3 aromatic rings. The normalized spacial score (nSPS) is 10.8. The van der Waals surface area contributed by atoms with Crippen LogP contribution in [0.3, 0.4) is 0 Å². The summed E-state index contributed by atoms with van der Waals surface area (Å²) in [4.78, 5) is 32.8. The fraction of sp³-hybridized carbons (Fsp3) is 0.250. The Labute approximate surface area is 137 Å². The average molecular weight is 327 g/mol. The van der Waals surface area contributed by atoms with E-state index in [1.165, 1.54) is 10.8 Å². The predicted molar refractivity (Wildman–Crippen MR) is 88.3 cm³/mol. The maximum absolute atomic E-state index is 12.4. The maximum atomic E-state index is 12.4. The number of para-hydroxylation sites is 2. The molecule has 0 saturated heterocycles. The molecule has 2 N–H and O–H groups in total. The van der Waals surface area contributed by atoms with E-state index in [4.69, 9.17) is 4.74 Å². The Morgan fingerprint density at radius 3 is 2.96 bits per heavy atom. The van der Waals surface area contributed by atoms with Crippen LogP contribution in [0.5, 0.6) is 5.75 Å². The molecular formula is C16H17N5O3. The van der Waals surface area contributed by atoms with Crippen molar-refractivity contribution in [3.63, 3.8) is 0 Å². The van der Waals surface area contributed by atoms with E-state index in [9.17, 15) is 9.59 Å². The standard InChI is InChI=1S/C16H17N5O3/c1-10-11(15(23)21-16(19-10)17-9-18-21)7-8-14(22)20-12-5-3-4-6-13(12)24-2/h3-6,9H,7-8H2,1-2H3,(H,20,22)(H,17,18,19). The average Bonchev–Trinajstić information content (AvgIpc) is 3.03. The third-order valence-electron chi connectivity index (χ3n) is 3.72. The van der Waals surface area contributed by atoms with E-state index in [-0.39, 0.29) is 17.9 Å². The van der Waals surface area contributed by atoms with Crippen molar-refractivity contribution in [1.82, 2.24) is 19.6 Å². The van der Waals surface area contributed by atoms with Crippen LogP contribution in [0.15, 0.2) is 35.4 Å². The van der Waals surface area contributed by atoms with Gasteiger partial charge in [-0.25, -0.2) is 9.97 Å². The van der Waals surface area contributed by atoms with Gasteiger partial charge in [0.05, 0.1) is 18.5 Å². The molecule has 0 fully saturated rings. The van der Waals surface area contributed by atoms with Gasteiger partial charge in [-0.2, -0.15) is 4.52 Å². The molecule has 0 aliphatic carbocycles. The highest BCUT2D eigenvalue weighted by Gasteiger charge is 2.13. The van der Waals surface area contributed by atoms with E-state index < -0.39 is 0 Å². The SMILES string of the molecule is COc1ccccc1NC(=O)CCc1c(C)nc2nc[nH]n2c1=O. The van der Waals surface area contributed by atoms with Crippen LogP contribution in [0.25, 0.3) is 5.78 Å². The smallest absolute Gasteiger partial charge is 0.277 e. The molecule has 8 heteroatoms. The second kappa shape index (κ2) is 6.53. The van der Waals surface area contributed by atoms with Crippen LogP contribution in [0.2, 0.25) is 0 Å². The van der Waals surface area contributed by atoms with Crippen molar-refractivity contribution >= 4 is 17.4 Å². The zero-order chi connectivity index (χ0) is 17.1. The third-order valence-corrected chi connectivity index (χ3v) is 3.72. The zero-order valence-corrected chi connectivity index (χ0v) is 13.4. The van der Waals surface area contributed by atoms with E-state index in [2.05, 4.69) is 20.4 Å². The van der Waals surface area contributed by atoms with Crippen LogP contribution >= 0.6 is 0 Å². The Bertz CT molecular complexity index is 944. The van der Waals surface area contributed by atoms with Gasteiger partial charge < -0.3 is 10.1 Å². The number of hydrogen-bond donors (Lipinski definition) is 2. The minimum absolute atomic E-state index is 0.163. The van der Waals surface area contributed by atoms with Crippen molar-refractivity contribution in [2.24, 2.45) is 0 Å². The number of H-pyrrole nitrogens is 1. The lowest BCUT2D eigenvalue weighted by atomic mass is 10.1. The number of aromatic nitrogens is 4. The summed E-state index contributed by atoms with van der Waals surface area (Å²) in [6, 6.07) is 7.16. The van der Waals surface area contributed by atoms with Crippen molar-refractivity contribution in [3.8, 4) is 5.75 Å². The molecule has 0 saturated carbocycles. The lowest BCUT2D eigenvalue weighted by Crippen LogP contribution is -2.23. The number of rotatable bonds is 5. The van der Waals surface area contributed by atoms with Gasteiger partial charge in [0, 0.05) is 12.0 Å². The van der Waals surface area contributed by atoms with E-state index in [1.807, 2.05) is 12.1 Å². The highest BCUT2D eigenvalue weighted by molar-refractivity contribution is 5.92. The third kappa shape index (κ3) is 2.98. The van der Waals surface area contributed by atoms with Crippen LogP contribution in [-0.2, 0) is 11.2 Å². The lowest BCUT2D eigenvalue weighted by Gasteiger charge is -2.10. The molecule has 0 aliphatic heterocycles. The van der Waals surface area contributed by atoms with Crippen molar-refractivity contribution in [3.05, 3.63) is 52.2 Å². The molecule has 2 aromatic heterocycles. The van der Waals surface area contributed by atoms with Gasteiger partial charge in [0.1, 0.15) is 12.1 Å². The highest BCUT2D eigenvalue weighted by atomic mass is 16.5. The first kappa shape index (κ1) is 15.7. The molecule has 24 heavy (non-hydrogen) atoms. The van der Waals surface area contributed by atoms with Crippen molar-refractivity contribution < 1.29 is 9.53 Å². The van der Waals surface area contributed by atoms with Gasteiger partial charge in [-0.1, -0.05) is 12.1 Å². The number of anilines is 1. The number of nitrogens with one attached hydrogen (secondary N) is 2. The van der Waals surface area contributed by atoms with Crippen LogP contribution < -0.4 is 15.6 Å². The fourth-order valence-electron chi connectivity index (χ4n) is 2.48. The first-order valence-electron chi connectivity index (χ1n) is 7.44. The number of methoxy groups -OCH3 is 1. The lowest BCUT2D eigenvalue weighted by molar-refractivity contribution is -0.116. The highest BCUT2D eigenvalue weighted by Crippen LogP contribution is 2.23. The van der Waals surface area contributed by atoms with E-state index >= 15 is 0 Å². The van der Waals surface area contributed by atoms with Crippen LogP contribution in [-0.4, -0.2) is 32.6 Å². The largest absolute Gasteiger partial charge is 0.495 e. The molecule has 124 valence electrons. The predicted octanol–water partition coefficient (Wildman–Crippen LogP) is 1.31. The zero-order valence-electron chi connectivity index (χ0n) is 13.4. The maximum Gasteiger partial charge on any atom is 0.277 e.